The van der Waals surface area contributed by atoms with Crippen LogP contribution in [0.3, 0.4) is 0 Å². The minimum atomic E-state index is -0.942. The zero-order valence-electron chi connectivity index (χ0n) is 13.4. The molecule has 0 aromatic heterocycles. The van der Waals surface area contributed by atoms with Gasteiger partial charge in [-0.3, -0.25) is 4.90 Å². The molecule has 0 aromatic carbocycles. The fourth-order valence-electron chi connectivity index (χ4n) is 2.72. The number of hydrogen-bond acceptors (Lipinski definition) is 3. The van der Waals surface area contributed by atoms with Crippen molar-refractivity contribution >= 4 is 12.1 Å². The Hall–Kier alpha value is -1.26. The summed E-state index contributed by atoms with van der Waals surface area (Å²) in [7, 11) is 0. The number of carbonyl (C=O) groups is 2. The van der Waals surface area contributed by atoms with Gasteiger partial charge in [0.05, 0.1) is 0 Å². The Bertz CT molecular complexity index is 378. The van der Waals surface area contributed by atoms with Crippen LogP contribution in [-0.4, -0.2) is 40.3 Å². The number of carbonyl (C=O) groups excluding carboxylic acids is 1. The minimum Gasteiger partial charge on any atom is -0.480 e. The van der Waals surface area contributed by atoms with Crippen molar-refractivity contribution in [3.05, 3.63) is 0 Å². The molecule has 1 aliphatic heterocycles. The van der Waals surface area contributed by atoms with Gasteiger partial charge in [-0.25, -0.2) is 9.59 Å². The topological polar surface area (TPSA) is 66.8 Å². The normalized spacial score (nSPS) is 23.8. The first-order valence-corrected chi connectivity index (χ1v) is 7.13. The number of carboxylic acid groups (broad SMARTS) is 1. The van der Waals surface area contributed by atoms with Gasteiger partial charge < -0.3 is 9.84 Å². The van der Waals surface area contributed by atoms with Gasteiger partial charge >= 0.3 is 12.1 Å². The maximum atomic E-state index is 12.1. The molecule has 0 spiro atoms. The molecule has 5 nitrogen and oxygen atoms in total. The second-order valence-electron chi connectivity index (χ2n) is 7.77. The Kier molecular flexibility index (Phi) is 4.72. The predicted octanol–water partition coefficient (Wildman–Crippen LogP) is 3.13. The number of nitrogens with zero attached hydrogens (tertiary/aromatic N) is 1. The van der Waals surface area contributed by atoms with Crippen molar-refractivity contribution in [2.24, 2.45) is 11.3 Å². The van der Waals surface area contributed by atoms with Crippen LogP contribution in [-0.2, 0) is 9.53 Å². The van der Waals surface area contributed by atoms with Crippen LogP contribution in [0.2, 0.25) is 0 Å². The van der Waals surface area contributed by atoms with Crippen LogP contribution in [0.5, 0.6) is 0 Å². The molecule has 0 aromatic rings. The van der Waals surface area contributed by atoms with E-state index >= 15 is 0 Å². The highest BCUT2D eigenvalue weighted by Gasteiger charge is 2.44. The third-order valence-electron chi connectivity index (χ3n) is 3.28. The summed E-state index contributed by atoms with van der Waals surface area (Å²) < 4.78 is 5.30. The molecule has 1 rings (SSSR count). The lowest BCUT2D eigenvalue weighted by molar-refractivity contribution is -0.143. The van der Waals surface area contributed by atoms with Crippen LogP contribution in [0, 0.1) is 11.3 Å². The van der Waals surface area contributed by atoms with E-state index in [1.165, 1.54) is 4.90 Å². The molecule has 20 heavy (non-hydrogen) atoms. The third kappa shape index (κ3) is 4.69. The summed E-state index contributed by atoms with van der Waals surface area (Å²) in [5.74, 6) is -0.956. The number of aliphatic carboxylic acids is 1. The number of amides is 1. The highest BCUT2D eigenvalue weighted by Crippen LogP contribution is 2.35. The lowest BCUT2D eigenvalue weighted by Gasteiger charge is -2.30. The van der Waals surface area contributed by atoms with Gasteiger partial charge in [-0.1, -0.05) is 20.8 Å². The van der Waals surface area contributed by atoms with E-state index in [1.54, 1.807) is 20.8 Å². The van der Waals surface area contributed by atoms with Crippen molar-refractivity contribution in [3.63, 3.8) is 0 Å². The second kappa shape index (κ2) is 5.62. The van der Waals surface area contributed by atoms with E-state index in [0.29, 0.717) is 13.0 Å². The predicted molar refractivity (Wildman–Crippen MR) is 76.5 cm³/mol. The molecule has 1 fully saturated rings. The maximum Gasteiger partial charge on any atom is 0.411 e. The summed E-state index contributed by atoms with van der Waals surface area (Å²) in [4.78, 5) is 25.0. The smallest absolute Gasteiger partial charge is 0.411 e. The zero-order valence-corrected chi connectivity index (χ0v) is 13.4. The fourth-order valence-corrected chi connectivity index (χ4v) is 2.72. The van der Waals surface area contributed by atoms with Gasteiger partial charge in [0.25, 0.3) is 0 Å². The average molecular weight is 285 g/mol. The average Bonchev–Trinajstić information content (AvgIpc) is 2.55. The molecule has 0 saturated carbocycles. The van der Waals surface area contributed by atoms with Crippen LogP contribution in [0.4, 0.5) is 4.79 Å². The first-order chi connectivity index (χ1) is 8.91. The zero-order chi connectivity index (χ0) is 15.7. The summed E-state index contributed by atoms with van der Waals surface area (Å²) in [5.41, 5.74) is -0.565. The van der Waals surface area contributed by atoms with E-state index in [1.807, 2.05) is 0 Å². The lowest BCUT2D eigenvalue weighted by atomic mass is 9.81. The molecular formula is C15H27NO4. The SMILES string of the molecule is CC(C)(C)C[C@@H]1CCN(C(=O)OC(C)(C)C)[C@@H]1C(=O)O. The van der Waals surface area contributed by atoms with Crippen molar-refractivity contribution in [3.8, 4) is 0 Å². The first-order valence-electron chi connectivity index (χ1n) is 7.13. The van der Waals surface area contributed by atoms with Crippen LogP contribution in [0.25, 0.3) is 0 Å². The van der Waals surface area contributed by atoms with Gasteiger partial charge in [-0.05, 0) is 44.9 Å². The molecule has 1 aliphatic rings. The van der Waals surface area contributed by atoms with E-state index in [-0.39, 0.29) is 11.3 Å². The van der Waals surface area contributed by atoms with E-state index in [4.69, 9.17) is 4.74 Å². The van der Waals surface area contributed by atoms with Crippen LogP contribution >= 0.6 is 0 Å². The highest BCUT2D eigenvalue weighted by molar-refractivity contribution is 5.81. The molecule has 0 unspecified atom stereocenters. The molecular weight excluding hydrogens is 258 g/mol. The number of ether oxygens (including phenoxy) is 1. The van der Waals surface area contributed by atoms with E-state index in [0.717, 1.165) is 6.42 Å². The van der Waals surface area contributed by atoms with Crippen molar-refractivity contribution in [2.75, 3.05) is 6.54 Å². The van der Waals surface area contributed by atoms with Gasteiger partial charge in [-0.2, -0.15) is 0 Å². The van der Waals surface area contributed by atoms with Gasteiger partial charge in [0, 0.05) is 6.54 Å². The molecule has 1 N–H and O–H groups in total. The molecule has 0 aliphatic carbocycles. The Morgan fingerprint density at radius 3 is 2.15 bits per heavy atom. The Labute approximate surface area is 121 Å². The molecule has 1 amide bonds. The van der Waals surface area contributed by atoms with E-state index < -0.39 is 23.7 Å². The minimum absolute atomic E-state index is 0.0139. The summed E-state index contributed by atoms with van der Waals surface area (Å²) in [6.45, 7) is 12.1. The monoisotopic (exact) mass is 285 g/mol. The highest BCUT2D eigenvalue weighted by atomic mass is 16.6. The molecule has 5 heteroatoms. The van der Waals surface area contributed by atoms with Gasteiger partial charge in [-0.15, -0.1) is 0 Å². The van der Waals surface area contributed by atoms with Crippen molar-refractivity contribution in [1.29, 1.82) is 0 Å². The van der Waals surface area contributed by atoms with E-state index in [9.17, 15) is 14.7 Å². The molecule has 0 radical (unpaired) electrons. The van der Waals surface area contributed by atoms with Gasteiger partial charge in [0.2, 0.25) is 0 Å². The Balaban J connectivity index is 2.83. The molecule has 116 valence electrons. The van der Waals surface area contributed by atoms with Crippen molar-refractivity contribution in [2.45, 2.75) is 66.0 Å². The summed E-state index contributed by atoms with van der Waals surface area (Å²) in [6.07, 6.45) is 0.970. The molecule has 2 atom stereocenters. The Morgan fingerprint density at radius 1 is 1.20 bits per heavy atom. The number of hydrogen-bond donors (Lipinski definition) is 1. The van der Waals surface area contributed by atoms with Crippen LogP contribution < -0.4 is 0 Å². The number of rotatable bonds is 2. The lowest BCUT2D eigenvalue weighted by Crippen LogP contribution is -2.46. The standard InChI is InChI=1S/C15H27NO4/c1-14(2,3)9-10-7-8-16(11(10)12(17)18)13(19)20-15(4,5)6/h10-11H,7-9H2,1-6H3,(H,17,18)/t10-,11-/m0/s1. The number of likely N-dealkylation sites (tertiary alicyclic amines) is 1. The second-order valence-corrected chi connectivity index (χ2v) is 7.77. The third-order valence-corrected chi connectivity index (χ3v) is 3.28. The summed E-state index contributed by atoms with van der Waals surface area (Å²) >= 11 is 0. The quantitative estimate of drug-likeness (QED) is 0.846. The van der Waals surface area contributed by atoms with Crippen molar-refractivity contribution < 1.29 is 19.4 Å². The molecule has 0 bridgehead atoms. The van der Waals surface area contributed by atoms with Gasteiger partial charge in [0.1, 0.15) is 11.6 Å². The van der Waals surface area contributed by atoms with E-state index in [2.05, 4.69) is 20.8 Å². The fraction of sp³-hybridized carbons (Fsp3) is 0.867. The van der Waals surface area contributed by atoms with Crippen LogP contribution in [0.1, 0.15) is 54.4 Å². The molecule has 1 heterocycles. The van der Waals surface area contributed by atoms with Crippen LogP contribution in [0.15, 0.2) is 0 Å². The summed E-state index contributed by atoms with van der Waals surface area (Å²) in [5, 5.41) is 9.45. The Morgan fingerprint density at radius 2 is 1.75 bits per heavy atom. The molecule has 1 saturated heterocycles. The van der Waals surface area contributed by atoms with Gasteiger partial charge in [0.15, 0.2) is 0 Å². The number of carboxylic acids is 1. The maximum absolute atomic E-state index is 12.1. The summed E-state index contributed by atoms with van der Waals surface area (Å²) in [6, 6.07) is -0.774. The largest absolute Gasteiger partial charge is 0.480 e. The van der Waals surface area contributed by atoms with Crippen molar-refractivity contribution in [1.82, 2.24) is 4.90 Å². The first kappa shape index (κ1) is 16.8.